The van der Waals surface area contributed by atoms with Gasteiger partial charge < -0.3 is 4.57 Å². The Morgan fingerprint density at radius 3 is 2.76 bits per heavy atom. The average molecular weight is 384 g/mol. The van der Waals surface area contributed by atoms with Crippen molar-refractivity contribution in [3.63, 3.8) is 0 Å². The Morgan fingerprint density at radius 2 is 2.00 bits per heavy atom. The molecule has 0 atom stereocenters. The van der Waals surface area contributed by atoms with Crippen LogP contribution in [0.3, 0.4) is 0 Å². The summed E-state index contributed by atoms with van der Waals surface area (Å²) in [5.74, 6) is 1.54. The standard InChI is InChI=1S/C16H13BrCl2N2/c17-12-3-1-2-11(8-12)10-21-15-9-13(19)4-5-14(15)20-16(21)6-7-18/h1-5,8-9H,6-7,10H2. The van der Waals surface area contributed by atoms with Gasteiger partial charge in [-0.3, -0.25) is 0 Å². The molecule has 0 radical (unpaired) electrons. The van der Waals surface area contributed by atoms with Crippen molar-refractivity contribution < 1.29 is 0 Å². The summed E-state index contributed by atoms with van der Waals surface area (Å²) in [7, 11) is 0. The number of nitrogens with zero attached hydrogens (tertiary/aromatic N) is 2. The second kappa shape index (κ2) is 6.39. The second-order valence-electron chi connectivity index (χ2n) is 4.82. The van der Waals surface area contributed by atoms with Gasteiger partial charge in [-0.05, 0) is 35.9 Å². The zero-order valence-corrected chi connectivity index (χ0v) is 14.3. The van der Waals surface area contributed by atoms with Gasteiger partial charge in [-0.2, -0.15) is 0 Å². The number of aromatic nitrogens is 2. The van der Waals surface area contributed by atoms with E-state index in [0.717, 1.165) is 39.3 Å². The largest absolute Gasteiger partial charge is 0.323 e. The average Bonchev–Trinajstić information content (AvgIpc) is 2.77. The molecule has 3 aromatic rings. The number of rotatable bonds is 4. The Hall–Kier alpha value is -1.03. The maximum atomic E-state index is 6.13. The summed E-state index contributed by atoms with van der Waals surface area (Å²) >= 11 is 15.5. The first-order chi connectivity index (χ1) is 10.2. The third-order valence-electron chi connectivity index (χ3n) is 3.34. The molecule has 0 aliphatic rings. The number of halogens is 3. The molecule has 0 unspecified atom stereocenters. The number of imidazole rings is 1. The van der Waals surface area contributed by atoms with Crippen LogP contribution in [0, 0.1) is 0 Å². The molecule has 21 heavy (non-hydrogen) atoms. The summed E-state index contributed by atoms with van der Waals surface area (Å²) in [6, 6.07) is 14.0. The summed E-state index contributed by atoms with van der Waals surface area (Å²) in [5.41, 5.74) is 3.21. The molecule has 3 rings (SSSR count). The number of benzene rings is 2. The van der Waals surface area contributed by atoms with Crippen LogP contribution in [0.4, 0.5) is 0 Å². The molecule has 0 aliphatic heterocycles. The van der Waals surface area contributed by atoms with Gasteiger partial charge in [-0.1, -0.05) is 39.7 Å². The molecular weight excluding hydrogens is 371 g/mol. The summed E-state index contributed by atoms with van der Waals surface area (Å²) in [4.78, 5) is 4.67. The molecule has 0 amide bonds. The fourth-order valence-corrected chi connectivity index (χ4v) is 3.20. The minimum atomic E-state index is 0.551. The molecule has 2 nitrogen and oxygen atoms in total. The zero-order valence-electron chi connectivity index (χ0n) is 11.2. The van der Waals surface area contributed by atoms with E-state index in [4.69, 9.17) is 23.2 Å². The molecule has 0 spiro atoms. The summed E-state index contributed by atoms with van der Waals surface area (Å²) in [5, 5.41) is 0.718. The quantitative estimate of drug-likeness (QED) is 0.560. The van der Waals surface area contributed by atoms with Crippen LogP contribution in [0.5, 0.6) is 0 Å². The van der Waals surface area contributed by atoms with Crippen molar-refractivity contribution in [1.29, 1.82) is 0 Å². The fourth-order valence-electron chi connectivity index (χ4n) is 2.42. The van der Waals surface area contributed by atoms with Gasteiger partial charge in [0.1, 0.15) is 5.82 Å². The van der Waals surface area contributed by atoms with Crippen molar-refractivity contribution in [3.8, 4) is 0 Å². The minimum Gasteiger partial charge on any atom is -0.323 e. The Labute approximate surface area is 141 Å². The topological polar surface area (TPSA) is 17.8 Å². The lowest BCUT2D eigenvalue weighted by molar-refractivity contribution is 0.754. The van der Waals surface area contributed by atoms with Crippen LogP contribution in [0.2, 0.25) is 5.02 Å². The second-order valence-corrected chi connectivity index (χ2v) is 6.55. The van der Waals surface area contributed by atoms with Crippen molar-refractivity contribution >= 4 is 50.2 Å². The van der Waals surface area contributed by atoms with Crippen LogP contribution in [-0.2, 0) is 13.0 Å². The van der Waals surface area contributed by atoms with Crippen molar-refractivity contribution in [2.45, 2.75) is 13.0 Å². The molecule has 108 valence electrons. The molecule has 0 saturated carbocycles. The molecule has 0 bridgehead atoms. The molecule has 0 saturated heterocycles. The van der Waals surface area contributed by atoms with Crippen molar-refractivity contribution in [2.24, 2.45) is 0 Å². The number of hydrogen-bond acceptors (Lipinski definition) is 1. The molecule has 0 fully saturated rings. The number of alkyl halides is 1. The van der Waals surface area contributed by atoms with Crippen LogP contribution in [0.25, 0.3) is 11.0 Å². The Balaban J connectivity index is 2.10. The molecule has 1 aromatic heterocycles. The SMILES string of the molecule is ClCCc1nc2ccc(Cl)cc2n1Cc1cccc(Br)c1. The number of fused-ring (bicyclic) bond motifs is 1. The maximum absolute atomic E-state index is 6.13. The first-order valence-corrected chi connectivity index (χ1v) is 8.33. The Kier molecular flexibility index (Phi) is 4.53. The van der Waals surface area contributed by atoms with Gasteiger partial charge in [0.25, 0.3) is 0 Å². The monoisotopic (exact) mass is 382 g/mol. The van der Waals surface area contributed by atoms with E-state index < -0.39 is 0 Å². The van der Waals surface area contributed by atoms with E-state index in [1.54, 1.807) is 0 Å². The predicted molar refractivity (Wildman–Crippen MR) is 92.4 cm³/mol. The normalized spacial score (nSPS) is 11.2. The third kappa shape index (κ3) is 3.25. The molecule has 2 aromatic carbocycles. The van der Waals surface area contributed by atoms with E-state index in [1.165, 1.54) is 5.56 Å². The summed E-state index contributed by atoms with van der Waals surface area (Å²) in [6.45, 7) is 0.752. The van der Waals surface area contributed by atoms with Crippen LogP contribution in [0.1, 0.15) is 11.4 Å². The molecule has 1 heterocycles. The van der Waals surface area contributed by atoms with Crippen LogP contribution in [0.15, 0.2) is 46.9 Å². The maximum Gasteiger partial charge on any atom is 0.111 e. The molecular formula is C16H13BrCl2N2. The van der Waals surface area contributed by atoms with Gasteiger partial charge in [0.05, 0.1) is 11.0 Å². The van der Waals surface area contributed by atoms with E-state index in [9.17, 15) is 0 Å². The highest BCUT2D eigenvalue weighted by Crippen LogP contribution is 2.23. The van der Waals surface area contributed by atoms with E-state index in [2.05, 4.69) is 37.6 Å². The van der Waals surface area contributed by atoms with E-state index in [-0.39, 0.29) is 0 Å². The third-order valence-corrected chi connectivity index (χ3v) is 4.25. The fraction of sp³-hybridized carbons (Fsp3) is 0.188. The van der Waals surface area contributed by atoms with Crippen molar-refractivity contribution in [3.05, 3.63) is 63.3 Å². The highest BCUT2D eigenvalue weighted by Gasteiger charge is 2.11. The Morgan fingerprint density at radius 1 is 1.14 bits per heavy atom. The number of hydrogen-bond donors (Lipinski definition) is 0. The lowest BCUT2D eigenvalue weighted by Crippen LogP contribution is -2.06. The van der Waals surface area contributed by atoms with Crippen LogP contribution < -0.4 is 0 Å². The summed E-state index contributed by atoms with van der Waals surface area (Å²) in [6.07, 6.45) is 0.738. The smallest absolute Gasteiger partial charge is 0.111 e. The Bertz CT molecular complexity index is 783. The van der Waals surface area contributed by atoms with E-state index >= 15 is 0 Å². The lowest BCUT2D eigenvalue weighted by Gasteiger charge is -2.09. The molecule has 5 heteroatoms. The van der Waals surface area contributed by atoms with Crippen molar-refractivity contribution in [1.82, 2.24) is 9.55 Å². The van der Waals surface area contributed by atoms with Crippen LogP contribution in [-0.4, -0.2) is 15.4 Å². The summed E-state index contributed by atoms with van der Waals surface area (Å²) < 4.78 is 3.26. The van der Waals surface area contributed by atoms with Gasteiger partial charge >= 0.3 is 0 Å². The zero-order chi connectivity index (χ0) is 14.8. The molecule has 0 aliphatic carbocycles. The predicted octanol–water partition coefficient (Wildman–Crippen LogP) is 5.28. The number of aryl methyl sites for hydroxylation is 1. The minimum absolute atomic E-state index is 0.551. The van der Waals surface area contributed by atoms with Gasteiger partial charge in [0.2, 0.25) is 0 Å². The highest BCUT2D eigenvalue weighted by molar-refractivity contribution is 9.10. The highest BCUT2D eigenvalue weighted by atomic mass is 79.9. The first-order valence-electron chi connectivity index (χ1n) is 6.62. The van der Waals surface area contributed by atoms with E-state index in [0.29, 0.717) is 5.88 Å². The van der Waals surface area contributed by atoms with E-state index in [1.807, 2.05) is 30.3 Å². The lowest BCUT2D eigenvalue weighted by atomic mass is 10.2. The molecule has 0 N–H and O–H groups in total. The van der Waals surface area contributed by atoms with Gasteiger partial charge in [0.15, 0.2) is 0 Å². The first kappa shape index (κ1) is 14.9. The van der Waals surface area contributed by atoms with Crippen LogP contribution >= 0.6 is 39.1 Å². The van der Waals surface area contributed by atoms with Gasteiger partial charge in [0, 0.05) is 28.3 Å². The van der Waals surface area contributed by atoms with Crippen molar-refractivity contribution in [2.75, 3.05) is 5.88 Å². The van der Waals surface area contributed by atoms with Gasteiger partial charge in [-0.15, -0.1) is 11.6 Å². The van der Waals surface area contributed by atoms with Gasteiger partial charge in [-0.25, -0.2) is 4.98 Å².